The fraction of sp³-hybridized carbons (Fsp3) is 0.545. The van der Waals surface area contributed by atoms with Crippen molar-refractivity contribution in [1.82, 2.24) is 15.0 Å². The molecule has 6 heteroatoms. The maximum atomic E-state index is 9.29. The normalized spacial score (nSPS) is 13.2. The summed E-state index contributed by atoms with van der Waals surface area (Å²) >= 11 is 0. The molecule has 0 saturated carbocycles. The number of hydrogen-bond donors (Lipinski definition) is 2. The number of rotatable bonds is 4. The molecule has 0 amide bonds. The van der Waals surface area contributed by atoms with Crippen LogP contribution in [0.2, 0.25) is 0 Å². The Labute approximate surface area is 99.1 Å². The van der Waals surface area contributed by atoms with Gasteiger partial charge in [-0.25, -0.2) is 9.97 Å². The minimum absolute atomic E-state index is 0.0417. The van der Waals surface area contributed by atoms with Gasteiger partial charge in [0.25, 0.3) is 5.71 Å². The number of aromatic nitrogens is 3. The molecule has 2 heterocycles. The summed E-state index contributed by atoms with van der Waals surface area (Å²) in [5.41, 5.74) is 1.06. The van der Waals surface area contributed by atoms with E-state index in [1.54, 1.807) is 6.92 Å². The predicted molar refractivity (Wildman–Crippen MR) is 63.7 cm³/mol. The first-order chi connectivity index (χ1) is 8.11. The Morgan fingerprint density at radius 3 is 2.82 bits per heavy atom. The molecule has 6 nitrogen and oxygen atoms in total. The number of oxazole rings is 1. The molecule has 2 aromatic heterocycles. The van der Waals surface area contributed by atoms with Crippen molar-refractivity contribution >= 4 is 17.0 Å². The lowest BCUT2D eigenvalue weighted by Crippen LogP contribution is -2.30. The predicted octanol–water partition coefficient (Wildman–Crippen LogP) is 1.36. The Kier molecular flexibility index (Phi) is 3.23. The first-order valence-corrected chi connectivity index (χ1v) is 5.57. The largest absolute Gasteiger partial charge is 0.422 e. The van der Waals surface area contributed by atoms with Crippen molar-refractivity contribution in [3.05, 3.63) is 12.2 Å². The summed E-state index contributed by atoms with van der Waals surface area (Å²) in [5, 5.41) is 12.4. The molecule has 2 rings (SSSR count). The molecule has 0 unspecified atom stereocenters. The molecule has 0 aliphatic carbocycles. The number of nitrogens with zero attached hydrogens (tertiary/aromatic N) is 3. The van der Waals surface area contributed by atoms with Crippen LogP contribution in [0, 0.1) is 12.8 Å². The number of anilines is 1. The van der Waals surface area contributed by atoms with Crippen LogP contribution in [0.15, 0.2) is 10.7 Å². The van der Waals surface area contributed by atoms with Crippen LogP contribution >= 0.6 is 0 Å². The zero-order valence-corrected chi connectivity index (χ0v) is 10.1. The van der Waals surface area contributed by atoms with E-state index in [0.717, 1.165) is 0 Å². The smallest absolute Gasteiger partial charge is 0.252 e. The van der Waals surface area contributed by atoms with Crippen LogP contribution in [0.3, 0.4) is 0 Å². The highest BCUT2D eigenvalue weighted by Gasteiger charge is 2.16. The minimum atomic E-state index is -0.0647. The number of aliphatic hydroxyl groups excluding tert-OH is 1. The molecular formula is C11H16N4O2. The SMILES string of the molecule is Cc1nc2c(N[C@H](CO)C(C)C)ncnc2o1. The van der Waals surface area contributed by atoms with Gasteiger partial charge in [0.05, 0.1) is 12.6 Å². The summed E-state index contributed by atoms with van der Waals surface area (Å²) in [5.74, 6) is 1.44. The van der Waals surface area contributed by atoms with Crippen molar-refractivity contribution < 1.29 is 9.52 Å². The van der Waals surface area contributed by atoms with Gasteiger partial charge in [0, 0.05) is 6.92 Å². The van der Waals surface area contributed by atoms with Gasteiger partial charge in [-0.3, -0.25) is 0 Å². The van der Waals surface area contributed by atoms with Gasteiger partial charge in [-0.15, -0.1) is 0 Å². The fourth-order valence-corrected chi connectivity index (χ4v) is 1.56. The summed E-state index contributed by atoms with van der Waals surface area (Å²) in [7, 11) is 0. The Morgan fingerprint density at radius 2 is 2.18 bits per heavy atom. The molecule has 0 aliphatic rings. The first-order valence-electron chi connectivity index (χ1n) is 5.57. The summed E-state index contributed by atoms with van der Waals surface area (Å²) in [6, 6.07) is -0.0647. The summed E-state index contributed by atoms with van der Waals surface area (Å²) in [4.78, 5) is 12.4. The molecular weight excluding hydrogens is 220 g/mol. The zero-order chi connectivity index (χ0) is 12.4. The van der Waals surface area contributed by atoms with Gasteiger partial charge >= 0.3 is 0 Å². The lowest BCUT2D eigenvalue weighted by atomic mass is 10.1. The second kappa shape index (κ2) is 4.67. The molecule has 0 radical (unpaired) electrons. The Morgan fingerprint density at radius 1 is 1.41 bits per heavy atom. The molecule has 0 fully saturated rings. The van der Waals surface area contributed by atoms with Crippen LogP contribution in [-0.2, 0) is 0 Å². The van der Waals surface area contributed by atoms with Crippen LogP contribution in [0.4, 0.5) is 5.82 Å². The number of aryl methyl sites for hydroxylation is 1. The van der Waals surface area contributed by atoms with E-state index in [4.69, 9.17) is 4.42 Å². The summed E-state index contributed by atoms with van der Waals surface area (Å²) in [6.07, 6.45) is 1.42. The standard InChI is InChI=1S/C11H16N4O2/c1-6(2)8(4-16)15-10-9-11(13-5-12-10)17-7(3)14-9/h5-6,8,16H,4H2,1-3H3,(H,12,13,15)/t8-/m1/s1. The van der Waals surface area contributed by atoms with E-state index < -0.39 is 0 Å². The molecule has 2 N–H and O–H groups in total. The lowest BCUT2D eigenvalue weighted by molar-refractivity contribution is 0.249. The summed E-state index contributed by atoms with van der Waals surface area (Å²) in [6.45, 7) is 5.86. The van der Waals surface area contributed by atoms with E-state index in [1.807, 2.05) is 13.8 Å². The van der Waals surface area contributed by atoms with Gasteiger partial charge in [-0.05, 0) is 5.92 Å². The molecule has 0 spiro atoms. The van der Waals surface area contributed by atoms with Gasteiger partial charge in [-0.2, -0.15) is 4.98 Å². The highest BCUT2D eigenvalue weighted by Crippen LogP contribution is 2.20. The highest BCUT2D eigenvalue weighted by molar-refractivity contribution is 5.80. The molecule has 0 aliphatic heterocycles. The monoisotopic (exact) mass is 236 g/mol. The van der Waals surface area contributed by atoms with E-state index in [1.165, 1.54) is 6.33 Å². The van der Waals surface area contributed by atoms with Crippen molar-refractivity contribution in [1.29, 1.82) is 0 Å². The van der Waals surface area contributed by atoms with Gasteiger partial charge in [0.2, 0.25) is 0 Å². The third kappa shape index (κ3) is 2.36. The number of nitrogens with one attached hydrogen (secondary N) is 1. The van der Waals surface area contributed by atoms with Crippen LogP contribution in [0.5, 0.6) is 0 Å². The molecule has 92 valence electrons. The van der Waals surface area contributed by atoms with E-state index in [0.29, 0.717) is 22.9 Å². The molecule has 1 atom stereocenters. The van der Waals surface area contributed by atoms with Gasteiger partial charge in [-0.1, -0.05) is 13.8 Å². The zero-order valence-electron chi connectivity index (χ0n) is 10.1. The number of hydrogen-bond acceptors (Lipinski definition) is 6. The van der Waals surface area contributed by atoms with E-state index in [2.05, 4.69) is 20.3 Å². The third-order valence-electron chi connectivity index (χ3n) is 2.63. The van der Waals surface area contributed by atoms with E-state index in [-0.39, 0.29) is 18.6 Å². The molecule has 0 bridgehead atoms. The van der Waals surface area contributed by atoms with Crippen LogP contribution in [0.25, 0.3) is 11.2 Å². The molecule has 2 aromatic rings. The Bertz CT molecular complexity index is 509. The Hall–Kier alpha value is -1.69. The van der Waals surface area contributed by atoms with Crippen molar-refractivity contribution in [3.63, 3.8) is 0 Å². The molecule has 17 heavy (non-hydrogen) atoms. The van der Waals surface area contributed by atoms with Crippen molar-refractivity contribution in [2.45, 2.75) is 26.8 Å². The van der Waals surface area contributed by atoms with Crippen LogP contribution in [-0.4, -0.2) is 32.7 Å². The molecule has 0 aromatic carbocycles. The van der Waals surface area contributed by atoms with Gasteiger partial charge in [0.15, 0.2) is 17.2 Å². The van der Waals surface area contributed by atoms with Gasteiger partial charge < -0.3 is 14.8 Å². The maximum Gasteiger partial charge on any atom is 0.252 e. The van der Waals surface area contributed by atoms with Crippen molar-refractivity contribution in [3.8, 4) is 0 Å². The topological polar surface area (TPSA) is 84.1 Å². The average molecular weight is 236 g/mol. The number of fused-ring (bicyclic) bond motifs is 1. The van der Waals surface area contributed by atoms with E-state index in [9.17, 15) is 5.11 Å². The third-order valence-corrected chi connectivity index (χ3v) is 2.63. The van der Waals surface area contributed by atoms with Crippen LogP contribution in [0.1, 0.15) is 19.7 Å². The van der Waals surface area contributed by atoms with Crippen molar-refractivity contribution in [2.75, 3.05) is 11.9 Å². The maximum absolute atomic E-state index is 9.29. The van der Waals surface area contributed by atoms with Gasteiger partial charge in [0.1, 0.15) is 6.33 Å². The second-order valence-corrected chi connectivity index (χ2v) is 4.29. The highest BCUT2D eigenvalue weighted by atomic mass is 16.4. The quantitative estimate of drug-likeness (QED) is 0.833. The van der Waals surface area contributed by atoms with Crippen LogP contribution < -0.4 is 5.32 Å². The Balaban J connectivity index is 2.34. The fourth-order valence-electron chi connectivity index (χ4n) is 1.56. The summed E-state index contributed by atoms with van der Waals surface area (Å²) < 4.78 is 5.32. The average Bonchev–Trinajstić information content (AvgIpc) is 2.66. The first kappa shape index (κ1) is 11.8. The molecule has 0 saturated heterocycles. The minimum Gasteiger partial charge on any atom is -0.422 e. The lowest BCUT2D eigenvalue weighted by Gasteiger charge is -2.20. The second-order valence-electron chi connectivity index (χ2n) is 4.29. The van der Waals surface area contributed by atoms with Crippen molar-refractivity contribution in [2.24, 2.45) is 5.92 Å². The number of aliphatic hydroxyl groups is 1. The van der Waals surface area contributed by atoms with E-state index >= 15 is 0 Å².